The van der Waals surface area contributed by atoms with Crippen LogP contribution in [0.4, 0.5) is 0 Å². The molecule has 4 fully saturated rings. The van der Waals surface area contributed by atoms with Crippen LogP contribution in [0.15, 0.2) is 11.6 Å². The third kappa shape index (κ3) is 7.24. The van der Waals surface area contributed by atoms with Crippen molar-refractivity contribution < 1.29 is 40.2 Å². The molecule has 1 aliphatic heterocycles. The molecule has 47 heavy (non-hydrogen) atoms. The van der Waals surface area contributed by atoms with Crippen LogP contribution in [0.25, 0.3) is 0 Å². The minimum Gasteiger partial charge on any atom is -0.394 e. The summed E-state index contributed by atoms with van der Waals surface area (Å²) in [5, 5.41) is 67.6. The number of aliphatic hydroxyl groups is 6. The second kappa shape index (κ2) is 13.9. The maximum Gasteiger partial charge on any atom is 0.217 e. The van der Waals surface area contributed by atoms with Gasteiger partial charge in [-0.1, -0.05) is 65.5 Å². The highest BCUT2D eigenvalue weighted by Gasteiger charge is 2.61. The number of amides is 1. The first kappa shape index (κ1) is 37.2. The van der Waals surface area contributed by atoms with E-state index in [0.717, 1.165) is 36.5 Å². The molecule has 4 aliphatic carbocycles. The van der Waals surface area contributed by atoms with Gasteiger partial charge in [-0.05, 0) is 97.7 Å². The number of carbonyl (C=O) groups is 1. The molecule has 9 heteroatoms. The van der Waals surface area contributed by atoms with E-state index < -0.39 is 54.4 Å². The minimum atomic E-state index is -2.01. The summed E-state index contributed by atoms with van der Waals surface area (Å²) in [6.07, 6.45) is 7.81. The fourth-order valence-corrected chi connectivity index (χ4v) is 11.6. The van der Waals surface area contributed by atoms with Gasteiger partial charge in [-0.3, -0.25) is 4.79 Å². The second-order valence-corrected chi connectivity index (χ2v) is 17.6. The maximum atomic E-state index is 12.0. The Kier molecular flexibility index (Phi) is 11.0. The van der Waals surface area contributed by atoms with Gasteiger partial charge in [-0.25, -0.2) is 0 Å². The summed E-state index contributed by atoms with van der Waals surface area (Å²) in [5.74, 6) is 1.83. The molecule has 14 atom stereocenters. The number of rotatable bonds is 11. The van der Waals surface area contributed by atoms with Crippen LogP contribution in [0.1, 0.15) is 125 Å². The van der Waals surface area contributed by atoms with Gasteiger partial charge in [0.15, 0.2) is 5.79 Å². The number of allylic oxidation sites excluding steroid dienone is 1. The SMILES string of the molecule is CC(=O)N[C@H]1[C@H]([C@H](O)[C@H](O)CO)O[C@](O)(CC2(O)CC[C@@]3(C)C(=CC[C@H]4[C@@H]5CC[C@H]([C@H](C)CCCC(C)C)[C@@]5(C)CC[C@@H]43)C2)C[C@@H]1O. The second-order valence-electron chi connectivity index (χ2n) is 17.6. The summed E-state index contributed by atoms with van der Waals surface area (Å²) in [6.45, 7) is 12.7. The van der Waals surface area contributed by atoms with Gasteiger partial charge >= 0.3 is 0 Å². The summed E-state index contributed by atoms with van der Waals surface area (Å²) in [7, 11) is 0. The quantitative estimate of drug-likeness (QED) is 0.162. The van der Waals surface area contributed by atoms with Crippen LogP contribution in [0.2, 0.25) is 0 Å². The van der Waals surface area contributed by atoms with E-state index in [4.69, 9.17) is 4.74 Å². The molecule has 1 heterocycles. The van der Waals surface area contributed by atoms with Crippen molar-refractivity contribution in [3.8, 4) is 0 Å². The third-order valence-electron chi connectivity index (χ3n) is 14.0. The molecule has 0 aromatic rings. The molecular formula is C38H65NO8. The number of fused-ring (bicyclic) bond motifs is 5. The summed E-state index contributed by atoms with van der Waals surface area (Å²) in [4.78, 5) is 11.9. The van der Waals surface area contributed by atoms with E-state index in [9.17, 15) is 35.4 Å². The zero-order chi connectivity index (χ0) is 34.5. The van der Waals surface area contributed by atoms with Gasteiger partial charge in [-0.2, -0.15) is 0 Å². The Labute approximate surface area is 282 Å². The van der Waals surface area contributed by atoms with Crippen molar-refractivity contribution in [2.45, 2.75) is 167 Å². The average Bonchev–Trinajstić information content (AvgIpc) is 3.35. The maximum absolute atomic E-state index is 12.0. The molecule has 7 N–H and O–H groups in total. The van der Waals surface area contributed by atoms with Crippen molar-refractivity contribution in [2.75, 3.05) is 6.61 Å². The predicted molar refractivity (Wildman–Crippen MR) is 180 cm³/mol. The Hall–Kier alpha value is -1.07. The lowest BCUT2D eigenvalue weighted by Crippen LogP contribution is -2.66. The van der Waals surface area contributed by atoms with E-state index >= 15 is 0 Å². The number of aliphatic hydroxyl groups excluding tert-OH is 4. The fraction of sp³-hybridized carbons (Fsp3) is 0.921. The fourth-order valence-electron chi connectivity index (χ4n) is 11.6. The van der Waals surface area contributed by atoms with Crippen LogP contribution >= 0.6 is 0 Å². The number of hydrogen-bond donors (Lipinski definition) is 7. The molecule has 1 amide bonds. The topological polar surface area (TPSA) is 160 Å². The first-order valence-corrected chi connectivity index (χ1v) is 18.7. The average molecular weight is 664 g/mol. The van der Waals surface area contributed by atoms with Crippen LogP contribution < -0.4 is 5.32 Å². The lowest BCUT2D eigenvalue weighted by molar-refractivity contribution is -0.317. The van der Waals surface area contributed by atoms with Gasteiger partial charge in [0, 0.05) is 19.8 Å². The first-order valence-electron chi connectivity index (χ1n) is 18.7. The number of carbonyl (C=O) groups excluding carboxylic acids is 1. The van der Waals surface area contributed by atoms with Crippen LogP contribution in [0, 0.1) is 46.3 Å². The number of nitrogens with one attached hydrogen (secondary N) is 1. The van der Waals surface area contributed by atoms with Crippen molar-refractivity contribution in [1.29, 1.82) is 0 Å². The lowest BCUT2D eigenvalue weighted by Gasteiger charge is -2.60. The van der Waals surface area contributed by atoms with E-state index in [1.165, 1.54) is 57.4 Å². The zero-order valence-electron chi connectivity index (χ0n) is 29.8. The third-order valence-corrected chi connectivity index (χ3v) is 14.0. The summed E-state index contributed by atoms with van der Waals surface area (Å²) >= 11 is 0. The molecule has 270 valence electrons. The van der Waals surface area contributed by atoms with Crippen LogP contribution in [0.5, 0.6) is 0 Å². The molecule has 9 nitrogen and oxygen atoms in total. The van der Waals surface area contributed by atoms with E-state index in [1.54, 1.807) is 0 Å². The Morgan fingerprint density at radius 1 is 1.04 bits per heavy atom. The molecule has 0 radical (unpaired) electrons. The largest absolute Gasteiger partial charge is 0.394 e. The van der Waals surface area contributed by atoms with Crippen molar-refractivity contribution in [3.63, 3.8) is 0 Å². The summed E-state index contributed by atoms with van der Waals surface area (Å²) in [5.41, 5.74) is 0.368. The standard InChI is InChI=1S/C38H65NO8/c1-22(2)8-7-9-23(3)27-12-13-28-26-11-10-25-18-37(45,17-16-35(25,5)29(26)14-15-36(27,28)6)21-38(46)19-30(42)32(39-24(4)41)34(47-38)33(44)31(43)20-40/h10,22-23,26-34,40,42-46H,7-9,11-21H2,1-6H3,(H,39,41)/t23-,26+,27-,28+,29+,30+,31-,32-,33-,34-,35+,36-,37?,38+/m1/s1. The van der Waals surface area contributed by atoms with Crippen molar-refractivity contribution in [3.05, 3.63) is 11.6 Å². The molecule has 3 saturated carbocycles. The summed E-state index contributed by atoms with van der Waals surface area (Å²) in [6, 6.07) is -1.11. The van der Waals surface area contributed by atoms with Crippen LogP contribution in [-0.2, 0) is 9.53 Å². The summed E-state index contributed by atoms with van der Waals surface area (Å²) < 4.78 is 5.96. The highest BCUT2D eigenvalue weighted by molar-refractivity contribution is 5.73. The molecule has 5 aliphatic rings. The Bertz CT molecular complexity index is 1150. The van der Waals surface area contributed by atoms with Crippen molar-refractivity contribution in [2.24, 2.45) is 46.3 Å². The lowest BCUT2D eigenvalue weighted by atomic mass is 9.46. The molecule has 0 aromatic heterocycles. The molecular weight excluding hydrogens is 598 g/mol. The van der Waals surface area contributed by atoms with Gasteiger partial charge in [0.05, 0.1) is 24.4 Å². The van der Waals surface area contributed by atoms with E-state index in [-0.39, 0.29) is 18.3 Å². The van der Waals surface area contributed by atoms with Crippen molar-refractivity contribution >= 4 is 5.91 Å². The monoisotopic (exact) mass is 663 g/mol. The highest BCUT2D eigenvalue weighted by atomic mass is 16.6. The van der Waals surface area contributed by atoms with Gasteiger partial charge < -0.3 is 40.7 Å². The van der Waals surface area contributed by atoms with E-state index in [1.807, 2.05) is 0 Å². The Morgan fingerprint density at radius 3 is 2.43 bits per heavy atom. The molecule has 5 rings (SSSR count). The molecule has 0 bridgehead atoms. The van der Waals surface area contributed by atoms with E-state index in [0.29, 0.717) is 30.1 Å². The Morgan fingerprint density at radius 2 is 1.77 bits per heavy atom. The minimum absolute atomic E-state index is 0.00648. The van der Waals surface area contributed by atoms with Gasteiger partial charge in [-0.15, -0.1) is 0 Å². The number of hydrogen-bond acceptors (Lipinski definition) is 8. The highest BCUT2D eigenvalue weighted by Crippen LogP contribution is 2.68. The normalized spacial score (nSPS) is 45.3. The predicted octanol–water partition coefficient (Wildman–Crippen LogP) is 4.21. The van der Waals surface area contributed by atoms with Gasteiger partial charge in [0.1, 0.15) is 18.3 Å². The zero-order valence-corrected chi connectivity index (χ0v) is 29.8. The molecule has 1 saturated heterocycles. The molecule has 0 aromatic carbocycles. The van der Waals surface area contributed by atoms with Crippen molar-refractivity contribution in [1.82, 2.24) is 5.32 Å². The van der Waals surface area contributed by atoms with E-state index in [2.05, 4.69) is 46.0 Å². The van der Waals surface area contributed by atoms with Crippen LogP contribution in [-0.4, -0.2) is 85.0 Å². The van der Waals surface area contributed by atoms with Gasteiger partial charge in [0.25, 0.3) is 0 Å². The van der Waals surface area contributed by atoms with Crippen LogP contribution in [0.3, 0.4) is 0 Å². The molecule has 1 unspecified atom stereocenters. The Balaban J connectivity index is 1.29. The first-order chi connectivity index (χ1) is 21.9. The smallest absolute Gasteiger partial charge is 0.217 e. The molecule has 0 spiro atoms. The number of ether oxygens (including phenoxy) is 1. The van der Waals surface area contributed by atoms with Gasteiger partial charge in [0.2, 0.25) is 5.91 Å².